The van der Waals surface area contributed by atoms with Gasteiger partial charge < -0.3 is 15.4 Å². The normalized spacial score (nSPS) is 12.1. The summed E-state index contributed by atoms with van der Waals surface area (Å²) in [5.41, 5.74) is 0.827. The minimum absolute atomic E-state index is 0. The molecule has 0 spiro atoms. The van der Waals surface area contributed by atoms with Crippen molar-refractivity contribution in [1.29, 1.82) is 0 Å². The summed E-state index contributed by atoms with van der Waals surface area (Å²) < 4.78 is 31.7. The second kappa shape index (κ2) is 10.9. The third-order valence-corrected chi connectivity index (χ3v) is 3.28. The number of nitrogens with zero attached hydrogens (tertiary/aromatic N) is 1. The highest BCUT2D eigenvalue weighted by Gasteiger charge is 2.06. The zero-order valence-electron chi connectivity index (χ0n) is 14.1. The van der Waals surface area contributed by atoms with Gasteiger partial charge in [0.25, 0.3) is 0 Å². The molecule has 1 unspecified atom stereocenters. The van der Waals surface area contributed by atoms with E-state index in [1.807, 2.05) is 13.0 Å². The van der Waals surface area contributed by atoms with Crippen molar-refractivity contribution >= 4 is 29.9 Å². The number of hydrogen-bond donors (Lipinski definition) is 2. The molecule has 136 valence electrons. The van der Waals surface area contributed by atoms with E-state index in [1.54, 1.807) is 25.2 Å². The van der Waals surface area contributed by atoms with E-state index in [2.05, 4.69) is 15.6 Å². The fraction of sp³-hybridized carbons (Fsp3) is 0.278. The predicted molar refractivity (Wildman–Crippen MR) is 107 cm³/mol. The third kappa shape index (κ3) is 7.68. The Balaban J connectivity index is 0.00000312. The van der Waals surface area contributed by atoms with Crippen LogP contribution in [0.25, 0.3) is 0 Å². The first-order valence-electron chi connectivity index (χ1n) is 7.68. The molecule has 0 heterocycles. The minimum atomic E-state index is -0.296. The lowest BCUT2D eigenvalue weighted by Gasteiger charge is -2.17. The van der Waals surface area contributed by atoms with E-state index in [9.17, 15) is 8.78 Å². The number of hydrogen-bond acceptors (Lipinski definition) is 2. The molecular weight excluding hydrogens is 439 g/mol. The smallest absolute Gasteiger partial charge is 0.191 e. The van der Waals surface area contributed by atoms with Crippen molar-refractivity contribution in [2.24, 2.45) is 4.99 Å². The largest absolute Gasteiger partial charge is 0.489 e. The van der Waals surface area contributed by atoms with Crippen molar-refractivity contribution in [3.63, 3.8) is 0 Å². The molecule has 1 atom stereocenters. The molecule has 0 aliphatic rings. The van der Waals surface area contributed by atoms with Crippen LogP contribution in [-0.4, -0.2) is 25.7 Å². The van der Waals surface area contributed by atoms with Gasteiger partial charge in [-0.25, -0.2) is 8.78 Å². The maximum atomic E-state index is 13.1. The highest BCUT2D eigenvalue weighted by molar-refractivity contribution is 14.0. The van der Waals surface area contributed by atoms with E-state index in [0.717, 1.165) is 5.56 Å². The van der Waals surface area contributed by atoms with Crippen LogP contribution < -0.4 is 15.4 Å². The van der Waals surface area contributed by atoms with Gasteiger partial charge in [-0.15, -0.1) is 24.0 Å². The molecule has 0 radical (unpaired) electrons. The average molecular weight is 461 g/mol. The van der Waals surface area contributed by atoms with Gasteiger partial charge in [0, 0.05) is 13.6 Å². The second-order valence-electron chi connectivity index (χ2n) is 5.32. The molecule has 2 N–H and O–H groups in total. The summed E-state index contributed by atoms with van der Waals surface area (Å²) in [4.78, 5) is 4.11. The third-order valence-electron chi connectivity index (χ3n) is 3.28. The summed E-state index contributed by atoms with van der Waals surface area (Å²) in [6, 6.07) is 12.3. The second-order valence-corrected chi connectivity index (χ2v) is 5.32. The number of guanidine groups is 1. The first-order valence-corrected chi connectivity index (χ1v) is 7.68. The molecule has 0 aliphatic heterocycles. The highest BCUT2D eigenvalue weighted by atomic mass is 127. The molecule has 2 rings (SSSR count). The summed E-state index contributed by atoms with van der Waals surface area (Å²) in [6.45, 7) is 2.88. The van der Waals surface area contributed by atoms with Gasteiger partial charge in [0.15, 0.2) is 5.96 Å². The molecule has 4 nitrogen and oxygen atoms in total. The van der Waals surface area contributed by atoms with E-state index in [1.165, 1.54) is 24.3 Å². The summed E-state index contributed by atoms with van der Waals surface area (Å²) in [7, 11) is 1.66. The zero-order chi connectivity index (χ0) is 17.4. The minimum Gasteiger partial charge on any atom is -0.489 e. The lowest BCUT2D eigenvalue weighted by atomic mass is 10.2. The zero-order valence-corrected chi connectivity index (χ0v) is 16.5. The van der Waals surface area contributed by atoms with Crippen molar-refractivity contribution in [1.82, 2.24) is 10.6 Å². The Morgan fingerprint density at radius 3 is 2.44 bits per heavy atom. The molecule has 2 aromatic carbocycles. The number of rotatable bonds is 6. The molecular formula is C18H22F2IN3O. The molecule has 0 aliphatic carbocycles. The Kier molecular flexibility index (Phi) is 9.18. The van der Waals surface area contributed by atoms with Crippen LogP contribution in [0.15, 0.2) is 53.5 Å². The molecule has 7 heteroatoms. The SMILES string of the molecule is CN=C(NCc1cccc(F)c1)NCC(C)Oc1ccc(F)cc1.I. The quantitative estimate of drug-likeness (QED) is 0.392. The Labute approximate surface area is 163 Å². The van der Waals surface area contributed by atoms with Crippen molar-refractivity contribution in [2.75, 3.05) is 13.6 Å². The van der Waals surface area contributed by atoms with Crippen LogP contribution in [0.2, 0.25) is 0 Å². The number of benzene rings is 2. The van der Waals surface area contributed by atoms with Crippen LogP contribution in [0.3, 0.4) is 0 Å². The summed E-state index contributed by atoms with van der Waals surface area (Å²) in [5.74, 6) is 0.635. The molecule has 0 amide bonds. The summed E-state index contributed by atoms with van der Waals surface area (Å²) in [6.07, 6.45) is -0.136. The lowest BCUT2D eigenvalue weighted by Crippen LogP contribution is -2.41. The van der Waals surface area contributed by atoms with E-state index in [0.29, 0.717) is 24.8 Å². The van der Waals surface area contributed by atoms with Crippen LogP contribution in [-0.2, 0) is 6.54 Å². The Hall–Kier alpha value is -1.90. The van der Waals surface area contributed by atoms with Crippen molar-refractivity contribution in [3.8, 4) is 5.75 Å². The fourth-order valence-electron chi connectivity index (χ4n) is 2.08. The highest BCUT2D eigenvalue weighted by Crippen LogP contribution is 2.12. The Morgan fingerprint density at radius 2 is 1.80 bits per heavy atom. The molecule has 0 saturated heterocycles. The first kappa shape index (κ1) is 21.1. The monoisotopic (exact) mass is 461 g/mol. The summed E-state index contributed by atoms with van der Waals surface area (Å²) >= 11 is 0. The van der Waals surface area contributed by atoms with Crippen molar-refractivity contribution in [3.05, 3.63) is 65.7 Å². The van der Waals surface area contributed by atoms with Gasteiger partial charge in [-0.05, 0) is 48.9 Å². The van der Waals surface area contributed by atoms with Gasteiger partial charge >= 0.3 is 0 Å². The maximum absolute atomic E-state index is 13.1. The predicted octanol–water partition coefficient (Wildman–Crippen LogP) is 3.72. The first-order chi connectivity index (χ1) is 11.6. The van der Waals surface area contributed by atoms with Gasteiger partial charge in [0.05, 0.1) is 6.54 Å². The molecule has 0 aromatic heterocycles. The maximum Gasteiger partial charge on any atom is 0.191 e. The Morgan fingerprint density at radius 1 is 1.08 bits per heavy atom. The number of nitrogens with one attached hydrogen (secondary N) is 2. The number of aliphatic imine (C=N–C) groups is 1. The van der Waals surface area contributed by atoms with Gasteiger partial charge in [0.2, 0.25) is 0 Å². The van der Waals surface area contributed by atoms with E-state index < -0.39 is 0 Å². The van der Waals surface area contributed by atoms with Crippen molar-refractivity contribution < 1.29 is 13.5 Å². The van der Waals surface area contributed by atoms with Gasteiger partial charge in [-0.1, -0.05) is 12.1 Å². The fourth-order valence-corrected chi connectivity index (χ4v) is 2.08. The van der Waals surface area contributed by atoms with E-state index >= 15 is 0 Å². The van der Waals surface area contributed by atoms with Crippen LogP contribution >= 0.6 is 24.0 Å². The molecule has 0 saturated carbocycles. The van der Waals surface area contributed by atoms with E-state index in [-0.39, 0.29) is 41.7 Å². The number of ether oxygens (including phenoxy) is 1. The van der Waals surface area contributed by atoms with Gasteiger partial charge in [-0.3, -0.25) is 4.99 Å². The van der Waals surface area contributed by atoms with Gasteiger partial charge in [0.1, 0.15) is 23.5 Å². The lowest BCUT2D eigenvalue weighted by molar-refractivity contribution is 0.223. The number of halogens is 3. The summed E-state index contributed by atoms with van der Waals surface area (Å²) in [5, 5.41) is 6.24. The van der Waals surface area contributed by atoms with Gasteiger partial charge in [-0.2, -0.15) is 0 Å². The van der Waals surface area contributed by atoms with Crippen LogP contribution in [0, 0.1) is 11.6 Å². The van der Waals surface area contributed by atoms with Crippen molar-refractivity contribution in [2.45, 2.75) is 19.6 Å². The topological polar surface area (TPSA) is 45.7 Å². The Bertz CT molecular complexity index is 680. The van der Waals surface area contributed by atoms with E-state index in [4.69, 9.17) is 4.74 Å². The molecule has 25 heavy (non-hydrogen) atoms. The van der Waals surface area contributed by atoms with Crippen LogP contribution in [0.1, 0.15) is 12.5 Å². The molecule has 0 fully saturated rings. The van der Waals surface area contributed by atoms with Crippen LogP contribution in [0.5, 0.6) is 5.75 Å². The standard InChI is InChI=1S/C18H21F2N3O.HI/c1-13(24-17-8-6-15(19)7-9-17)11-22-18(21-2)23-12-14-4-3-5-16(20)10-14;/h3-10,13H,11-12H2,1-2H3,(H2,21,22,23);1H. The molecule has 0 bridgehead atoms. The van der Waals surface area contributed by atoms with Crippen LogP contribution in [0.4, 0.5) is 8.78 Å². The average Bonchev–Trinajstić information content (AvgIpc) is 2.57. The molecule has 2 aromatic rings.